The van der Waals surface area contributed by atoms with Crippen molar-refractivity contribution in [2.75, 3.05) is 19.3 Å². The predicted octanol–water partition coefficient (Wildman–Crippen LogP) is 0.817. The van der Waals surface area contributed by atoms with Crippen LogP contribution < -0.4 is 5.73 Å². The minimum absolute atomic E-state index is 0.00380. The van der Waals surface area contributed by atoms with Crippen LogP contribution in [0.2, 0.25) is 0 Å². The zero-order valence-electron chi connectivity index (χ0n) is 9.45. The number of anilines is 1. The Morgan fingerprint density at radius 1 is 1.47 bits per heavy atom. The molecule has 0 bridgehead atoms. The van der Waals surface area contributed by atoms with E-state index in [4.69, 9.17) is 5.73 Å². The van der Waals surface area contributed by atoms with Crippen LogP contribution in [0.3, 0.4) is 0 Å². The molecule has 94 valence electrons. The number of nitro groups is 1. The van der Waals surface area contributed by atoms with E-state index in [0.717, 1.165) is 10.4 Å². The van der Waals surface area contributed by atoms with Crippen LogP contribution in [0.15, 0.2) is 23.1 Å². The van der Waals surface area contributed by atoms with Crippen molar-refractivity contribution < 1.29 is 13.3 Å². The topological polar surface area (TPSA) is 107 Å². The van der Waals surface area contributed by atoms with Crippen LogP contribution in [0.1, 0.15) is 6.92 Å². The largest absolute Gasteiger partial charge is 0.398 e. The van der Waals surface area contributed by atoms with Crippen LogP contribution in [-0.2, 0) is 10.0 Å². The molecule has 0 aliphatic rings. The molecule has 8 heteroatoms. The molecule has 1 rings (SSSR count). The van der Waals surface area contributed by atoms with Gasteiger partial charge < -0.3 is 5.73 Å². The van der Waals surface area contributed by atoms with Crippen molar-refractivity contribution in [3.63, 3.8) is 0 Å². The van der Waals surface area contributed by atoms with Gasteiger partial charge in [0.1, 0.15) is 4.90 Å². The summed E-state index contributed by atoms with van der Waals surface area (Å²) in [5.74, 6) is 0. The molecule has 0 saturated carbocycles. The molecule has 0 fully saturated rings. The van der Waals surface area contributed by atoms with Crippen LogP contribution in [0, 0.1) is 10.1 Å². The van der Waals surface area contributed by atoms with Crippen LogP contribution in [0.5, 0.6) is 0 Å². The van der Waals surface area contributed by atoms with Gasteiger partial charge in [-0.15, -0.1) is 0 Å². The van der Waals surface area contributed by atoms with Crippen molar-refractivity contribution in [3.05, 3.63) is 28.3 Å². The van der Waals surface area contributed by atoms with Crippen molar-refractivity contribution in [3.8, 4) is 0 Å². The van der Waals surface area contributed by atoms with Crippen LogP contribution in [-0.4, -0.2) is 31.2 Å². The zero-order valence-corrected chi connectivity index (χ0v) is 10.3. The summed E-state index contributed by atoms with van der Waals surface area (Å²) in [5.41, 5.74) is 5.23. The number of nitro benzene ring substituents is 1. The molecule has 1 aromatic rings. The van der Waals surface area contributed by atoms with Crippen molar-refractivity contribution >= 4 is 21.4 Å². The lowest BCUT2D eigenvalue weighted by atomic mass is 10.3. The fourth-order valence-corrected chi connectivity index (χ4v) is 2.51. The minimum Gasteiger partial charge on any atom is -0.398 e. The molecule has 7 nitrogen and oxygen atoms in total. The Labute approximate surface area is 99.0 Å². The highest BCUT2D eigenvalue weighted by Crippen LogP contribution is 2.26. The summed E-state index contributed by atoms with van der Waals surface area (Å²) in [7, 11) is -2.39. The highest BCUT2D eigenvalue weighted by molar-refractivity contribution is 7.89. The van der Waals surface area contributed by atoms with Gasteiger partial charge in [0.25, 0.3) is 5.69 Å². The molecule has 0 heterocycles. The summed E-state index contributed by atoms with van der Waals surface area (Å²) in [4.78, 5) is 9.69. The number of benzene rings is 1. The third kappa shape index (κ3) is 2.53. The van der Waals surface area contributed by atoms with Gasteiger partial charge in [-0.2, -0.15) is 0 Å². The second-order valence-electron chi connectivity index (χ2n) is 3.40. The standard InChI is InChI=1S/C9H13N3O4S/c1-3-11(2)17(15,16)9-6-7(12(13)14)4-5-8(9)10/h4-6H,3,10H2,1-2H3. The quantitative estimate of drug-likeness (QED) is 0.489. The highest BCUT2D eigenvalue weighted by Gasteiger charge is 2.24. The van der Waals surface area contributed by atoms with Crippen molar-refractivity contribution in [1.29, 1.82) is 0 Å². The van der Waals surface area contributed by atoms with E-state index in [1.165, 1.54) is 19.2 Å². The number of nitrogens with two attached hydrogens (primary N) is 1. The molecule has 0 aliphatic heterocycles. The third-order valence-electron chi connectivity index (χ3n) is 2.34. The van der Waals surface area contributed by atoms with Gasteiger partial charge in [-0.25, -0.2) is 12.7 Å². The van der Waals surface area contributed by atoms with Gasteiger partial charge in [-0.1, -0.05) is 6.92 Å². The number of hydrogen-bond donors (Lipinski definition) is 1. The first kappa shape index (κ1) is 13.4. The Balaban J connectivity index is 3.40. The number of rotatable bonds is 4. The van der Waals surface area contributed by atoms with Gasteiger partial charge in [-0.05, 0) is 6.07 Å². The molecular weight excluding hydrogens is 246 g/mol. The Hall–Kier alpha value is -1.67. The molecule has 0 spiro atoms. The maximum absolute atomic E-state index is 12.0. The number of sulfonamides is 1. The summed E-state index contributed by atoms with van der Waals surface area (Å²) in [6.45, 7) is 1.91. The first-order chi connectivity index (χ1) is 7.80. The highest BCUT2D eigenvalue weighted by atomic mass is 32.2. The number of nitrogen functional groups attached to an aromatic ring is 1. The molecule has 1 aromatic carbocycles. The van der Waals surface area contributed by atoms with Crippen LogP contribution in [0.4, 0.5) is 11.4 Å². The average molecular weight is 259 g/mol. The summed E-state index contributed by atoms with van der Waals surface area (Å²) in [6, 6.07) is 3.35. The molecule has 0 radical (unpaired) electrons. The Morgan fingerprint density at radius 2 is 2.06 bits per heavy atom. The number of non-ortho nitro benzene ring substituents is 1. The first-order valence-electron chi connectivity index (χ1n) is 4.81. The summed E-state index contributed by atoms with van der Waals surface area (Å²) >= 11 is 0. The maximum atomic E-state index is 12.0. The lowest BCUT2D eigenvalue weighted by molar-refractivity contribution is -0.385. The van der Waals surface area contributed by atoms with E-state index in [-0.39, 0.29) is 22.8 Å². The van der Waals surface area contributed by atoms with E-state index in [2.05, 4.69) is 0 Å². The van der Waals surface area contributed by atoms with Gasteiger partial charge in [0, 0.05) is 25.7 Å². The number of hydrogen-bond acceptors (Lipinski definition) is 5. The predicted molar refractivity (Wildman–Crippen MR) is 63.0 cm³/mol. The number of nitrogens with zero attached hydrogens (tertiary/aromatic N) is 2. The van der Waals surface area contributed by atoms with E-state index in [1.807, 2.05) is 0 Å². The zero-order chi connectivity index (χ0) is 13.2. The average Bonchev–Trinajstić information content (AvgIpc) is 2.27. The molecule has 17 heavy (non-hydrogen) atoms. The van der Waals surface area contributed by atoms with E-state index in [1.54, 1.807) is 6.92 Å². The van der Waals surface area contributed by atoms with Gasteiger partial charge >= 0.3 is 0 Å². The van der Waals surface area contributed by atoms with Gasteiger partial charge in [-0.3, -0.25) is 10.1 Å². The molecule has 0 saturated heterocycles. The fraction of sp³-hybridized carbons (Fsp3) is 0.333. The molecule has 0 atom stereocenters. The Bertz CT molecular complexity index is 541. The Morgan fingerprint density at radius 3 is 2.53 bits per heavy atom. The van der Waals surface area contributed by atoms with Gasteiger partial charge in [0.2, 0.25) is 10.0 Å². The second-order valence-corrected chi connectivity index (χ2v) is 5.41. The minimum atomic E-state index is -3.77. The Kier molecular flexibility index (Phi) is 3.69. The van der Waals surface area contributed by atoms with Crippen molar-refractivity contribution in [2.45, 2.75) is 11.8 Å². The second kappa shape index (κ2) is 4.68. The van der Waals surface area contributed by atoms with E-state index in [9.17, 15) is 18.5 Å². The lowest BCUT2D eigenvalue weighted by Gasteiger charge is -2.15. The molecule has 2 N–H and O–H groups in total. The molecule has 0 amide bonds. The SMILES string of the molecule is CCN(C)S(=O)(=O)c1cc([N+](=O)[O-])ccc1N. The monoisotopic (exact) mass is 259 g/mol. The fourth-order valence-electron chi connectivity index (χ4n) is 1.20. The van der Waals surface area contributed by atoms with Crippen molar-refractivity contribution in [1.82, 2.24) is 4.31 Å². The molecular formula is C9H13N3O4S. The van der Waals surface area contributed by atoms with Gasteiger partial charge in [0.05, 0.1) is 10.6 Å². The van der Waals surface area contributed by atoms with Gasteiger partial charge in [0.15, 0.2) is 0 Å². The normalized spacial score (nSPS) is 11.7. The summed E-state index contributed by atoms with van der Waals surface area (Å²) < 4.78 is 25.0. The van der Waals surface area contributed by atoms with Crippen molar-refractivity contribution in [2.24, 2.45) is 0 Å². The van der Waals surface area contributed by atoms with E-state index in [0.29, 0.717) is 0 Å². The van der Waals surface area contributed by atoms with E-state index < -0.39 is 14.9 Å². The van der Waals surface area contributed by atoms with Crippen LogP contribution in [0.25, 0.3) is 0 Å². The molecule has 0 unspecified atom stereocenters. The first-order valence-corrected chi connectivity index (χ1v) is 6.25. The molecule has 0 aromatic heterocycles. The third-order valence-corrected chi connectivity index (χ3v) is 4.33. The molecule has 0 aliphatic carbocycles. The van der Waals surface area contributed by atoms with Crippen LogP contribution >= 0.6 is 0 Å². The lowest BCUT2D eigenvalue weighted by Crippen LogP contribution is -2.27. The smallest absolute Gasteiger partial charge is 0.270 e. The summed E-state index contributed by atoms with van der Waals surface area (Å²) in [6.07, 6.45) is 0. The summed E-state index contributed by atoms with van der Waals surface area (Å²) in [5, 5.41) is 10.6. The maximum Gasteiger partial charge on any atom is 0.270 e. The van der Waals surface area contributed by atoms with E-state index >= 15 is 0 Å².